The molecule has 2 heteroatoms. The molecule has 0 saturated carbocycles. The molecule has 0 amide bonds. The van der Waals surface area contributed by atoms with Crippen LogP contribution in [-0.4, -0.2) is 0 Å². The van der Waals surface area contributed by atoms with Gasteiger partial charge in [-0.3, -0.25) is 0 Å². The van der Waals surface area contributed by atoms with Gasteiger partial charge in [-0.1, -0.05) is 164 Å². The number of hydrogen-bond acceptors (Lipinski definition) is 2. The predicted octanol–water partition coefficient (Wildman–Crippen LogP) is 14.5. The largest absolute Gasteiger partial charge is 0.457 e. The van der Waals surface area contributed by atoms with Crippen LogP contribution in [0.25, 0.3) is 76.8 Å². The lowest BCUT2D eigenvalue weighted by molar-refractivity contribution is 0.436. The molecule has 12 rings (SSSR count). The van der Waals surface area contributed by atoms with Crippen molar-refractivity contribution >= 4 is 32.3 Å². The standard InChI is InChI=1S/C56H33NO/c57-34-35-24-26-37(27-25-35)39-30-31-47-46(33-39)55-45(18-11-21-50(55)56(47)48-19-7-9-22-51(48)58-52-23-10-8-20-49(52)56)54-43-16-5-3-14-41(43)53(42-15-4-6-17-44(42)54)40-29-28-36-12-1-2-13-38(36)32-40/h1-33H. The first-order valence-electron chi connectivity index (χ1n) is 19.8. The molecule has 0 atom stereocenters. The fourth-order valence-corrected chi connectivity index (χ4v) is 10.2. The summed E-state index contributed by atoms with van der Waals surface area (Å²) in [7, 11) is 0. The van der Waals surface area contributed by atoms with E-state index in [9.17, 15) is 5.26 Å². The molecule has 0 bridgehead atoms. The molecule has 58 heavy (non-hydrogen) atoms. The zero-order chi connectivity index (χ0) is 38.4. The van der Waals surface area contributed by atoms with Crippen molar-refractivity contribution in [3.8, 4) is 62.1 Å². The smallest absolute Gasteiger partial charge is 0.132 e. The molecule has 0 fully saturated rings. The molecule has 0 radical (unpaired) electrons. The highest BCUT2D eigenvalue weighted by atomic mass is 16.5. The van der Waals surface area contributed by atoms with E-state index in [1.54, 1.807) is 0 Å². The number of nitrogens with zero attached hydrogens (tertiary/aromatic N) is 1. The lowest BCUT2D eigenvalue weighted by Gasteiger charge is -2.39. The maximum Gasteiger partial charge on any atom is 0.132 e. The SMILES string of the molecule is N#Cc1ccc(-c2ccc3c(c2)-c2c(-c4c5ccccc5c(-c5ccc6ccccc6c5)c5ccccc45)cccc2C32c3ccccc3Oc3ccccc32)cc1. The van der Waals surface area contributed by atoms with Crippen LogP contribution in [0.2, 0.25) is 0 Å². The van der Waals surface area contributed by atoms with Crippen molar-refractivity contribution in [3.63, 3.8) is 0 Å². The molecule has 1 aliphatic carbocycles. The number of para-hydroxylation sites is 2. The van der Waals surface area contributed by atoms with Gasteiger partial charge in [0.2, 0.25) is 0 Å². The second-order valence-electron chi connectivity index (χ2n) is 15.4. The van der Waals surface area contributed by atoms with Crippen LogP contribution >= 0.6 is 0 Å². The van der Waals surface area contributed by atoms with E-state index in [2.05, 4.69) is 194 Å². The van der Waals surface area contributed by atoms with Gasteiger partial charge in [-0.2, -0.15) is 5.26 Å². The number of rotatable bonds is 3. The van der Waals surface area contributed by atoms with Crippen LogP contribution in [0, 0.1) is 11.3 Å². The predicted molar refractivity (Wildman–Crippen MR) is 237 cm³/mol. The first kappa shape index (κ1) is 32.5. The first-order valence-corrected chi connectivity index (χ1v) is 19.8. The maximum absolute atomic E-state index is 9.59. The van der Waals surface area contributed by atoms with Gasteiger partial charge < -0.3 is 4.74 Å². The van der Waals surface area contributed by atoms with Crippen molar-refractivity contribution in [1.29, 1.82) is 5.26 Å². The summed E-state index contributed by atoms with van der Waals surface area (Å²) >= 11 is 0. The van der Waals surface area contributed by atoms with Crippen LogP contribution in [0.5, 0.6) is 11.5 Å². The first-order chi connectivity index (χ1) is 28.7. The van der Waals surface area contributed by atoms with Gasteiger partial charge in [0.25, 0.3) is 0 Å². The van der Waals surface area contributed by atoms with E-state index in [0.29, 0.717) is 5.56 Å². The van der Waals surface area contributed by atoms with Crippen LogP contribution in [0.15, 0.2) is 200 Å². The van der Waals surface area contributed by atoms with Gasteiger partial charge in [-0.05, 0) is 124 Å². The monoisotopic (exact) mass is 735 g/mol. The Kier molecular flexibility index (Phi) is 6.94. The number of hydrogen-bond donors (Lipinski definition) is 0. The molecule has 10 aromatic carbocycles. The van der Waals surface area contributed by atoms with Crippen molar-refractivity contribution in [2.24, 2.45) is 0 Å². The Balaban J connectivity index is 1.21. The molecule has 0 N–H and O–H groups in total. The molecule has 0 aromatic heterocycles. The van der Waals surface area contributed by atoms with E-state index in [1.807, 2.05) is 12.1 Å². The fourth-order valence-electron chi connectivity index (χ4n) is 10.2. The van der Waals surface area contributed by atoms with Gasteiger partial charge in [-0.15, -0.1) is 0 Å². The van der Waals surface area contributed by atoms with Crippen LogP contribution in [0.1, 0.15) is 27.8 Å². The average Bonchev–Trinajstić information content (AvgIpc) is 3.58. The topological polar surface area (TPSA) is 33.0 Å². The highest BCUT2D eigenvalue weighted by Gasteiger charge is 2.51. The van der Waals surface area contributed by atoms with Crippen molar-refractivity contribution in [3.05, 3.63) is 228 Å². The summed E-state index contributed by atoms with van der Waals surface area (Å²) in [5, 5.41) is 16.9. The minimum Gasteiger partial charge on any atom is -0.457 e. The molecular formula is C56H33NO. The van der Waals surface area contributed by atoms with Crippen LogP contribution in [0.4, 0.5) is 0 Å². The van der Waals surface area contributed by atoms with Crippen LogP contribution in [-0.2, 0) is 5.41 Å². The lowest BCUT2D eigenvalue weighted by atomic mass is 9.66. The minimum absolute atomic E-state index is 0.619. The minimum atomic E-state index is -0.619. The third-order valence-corrected chi connectivity index (χ3v) is 12.5. The van der Waals surface area contributed by atoms with Crippen LogP contribution in [0.3, 0.4) is 0 Å². The van der Waals surface area contributed by atoms with E-state index >= 15 is 0 Å². The maximum atomic E-state index is 9.59. The highest BCUT2D eigenvalue weighted by Crippen LogP contribution is 2.64. The van der Waals surface area contributed by atoms with E-state index in [-0.39, 0.29) is 0 Å². The van der Waals surface area contributed by atoms with Crippen molar-refractivity contribution in [2.75, 3.05) is 0 Å². The fraction of sp³-hybridized carbons (Fsp3) is 0.0179. The van der Waals surface area contributed by atoms with E-state index < -0.39 is 5.41 Å². The molecule has 2 nitrogen and oxygen atoms in total. The third-order valence-electron chi connectivity index (χ3n) is 12.5. The van der Waals surface area contributed by atoms with Gasteiger partial charge in [0, 0.05) is 11.1 Å². The number of ether oxygens (including phenoxy) is 1. The summed E-state index contributed by atoms with van der Waals surface area (Å²) < 4.78 is 6.69. The Morgan fingerprint density at radius 2 is 0.914 bits per heavy atom. The van der Waals surface area contributed by atoms with Crippen molar-refractivity contribution in [1.82, 2.24) is 0 Å². The highest BCUT2D eigenvalue weighted by molar-refractivity contribution is 6.23. The van der Waals surface area contributed by atoms with E-state index in [1.165, 1.54) is 76.8 Å². The Morgan fingerprint density at radius 1 is 0.362 bits per heavy atom. The average molecular weight is 736 g/mol. The zero-order valence-corrected chi connectivity index (χ0v) is 31.4. The number of nitriles is 1. The zero-order valence-electron chi connectivity index (χ0n) is 31.4. The molecule has 2 aliphatic rings. The third kappa shape index (κ3) is 4.47. The van der Waals surface area contributed by atoms with Crippen LogP contribution < -0.4 is 4.74 Å². The van der Waals surface area contributed by atoms with E-state index in [0.717, 1.165) is 33.8 Å². The van der Waals surface area contributed by atoms with Gasteiger partial charge in [0.1, 0.15) is 11.5 Å². The number of benzene rings is 10. The molecule has 1 heterocycles. The summed E-state index contributed by atoms with van der Waals surface area (Å²) in [5.41, 5.74) is 14.3. The van der Waals surface area contributed by atoms with Gasteiger partial charge >= 0.3 is 0 Å². The Morgan fingerprint density at radius 3 is 1.59 bits per heavy atom. The summed E-state index contributed by atoms with van der Waals surface area (Å²) in [6.07, 6.45) is 0. The van der Waals surface area contributed by atoms with E-state index in [4.69, 9.17) is 4.74 Å². The van der Waals surface area contributed by atoms with Gasteiger partial charge in [0.05, 0.1) is 17.0 Å². The number of fused-ring (bicyclic) bond motifs is 12. The van der Waals surface area contributed by atoms with Gasteiger partial charge in [0.15, 0.2) is 0 Å². The summed E-state index contributed by atoms with van der Waals surface area (Å²) in [6.45, 7) is 0. The second kappa shape index (κ2) is 12.4. The quantitative estimate of drug-likeness (QED) is 0.169. The Labute approximate surface area is 336 Å². The molecule has 0 saturated heterocycles. The molecule has 1 spiro atoms. The van der Waals surface area contributed by atoms with Crippen molar-refractivity contribution in [2.45, 2.75) is 5.41 Å². The Hall–Kier alpha value is -7.73. The molecular weight excluding hydrogens is 703 g/mol. The summed E-state index contributed by atoms with van der Waals surface area (Å²) in [6, 6.07) is 74.6. The summed E-state index contributed by atoms with van der Waals surface area (Å²) in [5.74, 6) is 1.74. The molecule has 0 unspecified atom stereocenters. The lowest BCUT2D eigenvalue weighted by Crippen LogP contribution is -2.32. The summed E-state index contributed by atoms with van der Waals surface area (Å²) in [4.78, 5) is 0. The second-order valence-corrected chi connectivity index (χ2v) is 15.4. The molecule has 10 aromatic rings. The van der Waals surface area contributed by atoms with Gasteiger partial charge in [-0.25, -0.2) is 0 Å². The normalized spacial score (nSPS) is 13.1. The van der Waals surface area contributed by atoms with Crippen molar-refractivity contribution < 1.29 is 4.74 Å². The molecule has 268 valence electrons. The Bertz CT molecular complexity index is 3280. The molecule has 1 aliphatic heterocycles.